The zero-order valence-electron chi connectivity index (χ0n) is 9.17. The van der Waals surface area contributed by atoms with Crippen LogP contribution in [0.4, 0.5) is 0 Å². The molecular formula is C11H19NO2. The quantitative estimate of drug-likeness (QED) is 0.642. The standard InChI is InChI=1S/C11H19NO2/c1-11(2,3)14-10(13)8-4-7-5-12-6-9(7)8/h7-9,12H,4-6H2,1-3H3/t7-,8?,9+/m1/s1. The summed E-state index contributed by atoms with van der Waals surface area (Å²) in [6, 6.07) is 0. The summed E-state index contributed by atoms with van der Waals surface area (Å²) in [7, 11) is 0. The highest BCUT2D eigenvalue weighted by molar-refractivity contribution is 5.74. The van der Waals surface area contributed by atoms with Crippen molar-refractivity contribution in [2.24, 2.45) is 17.8 Å². The van der Waals surface area contributed by atoms with Gasteiger partial charge in [0.2, 0.25) is 0 Å². The maximum atomic E-state index is 11.7. The molecule has 0 aromatic heterocycles. The zero-order chi connectivity index (χ0) is 10.3. The largest absolute Gasteiger partial charge is 0.460 e. The molecule has 0 amide bonds. The molecule has 2 rings (SSSR count). The first-order valence-corrected chi connectivity index (χ1v) is 5.41. The molecule has 2 fully saturated rings. The number of rotatable bonds is 1. The van der Waals surface area contributed by atoms with Crippen molar-refractivity contribution in [3.8, 4) is 0 Å². The Kier molecular flexibility index (Phi) is 2.30. The lowest BCUT2D eigenvalue weighted by Gasteiger charge is -2.39. The van der Waals surface area contributed by atoms with Gasteiger partial charge in [0.05, 0.1) is 5.92 Å². The molecule has 0 spiro atoms. The Bertz CT molecular complexity index is 244. The summed E-state index contributed by atoms with van der Waals surface area (Å²) < 4.78 is 5.38. The van der Waals surface area contributed by atoms with Crippen molar-refractivity contribution in [3.63, 3.8) is 0 Å². The van der Waals surface area contributed by atoms with Crippen molar-refractivity contribution in [2.75, 3.05) is 13.1 Å². The molecule has 0 bridgehead atoms. The van der Waals surface area contributed by atoms with Gasteiger partial charge in [-0.25, -0.2) is 0 Å². The second-order valence-electron chi connectivity index (χ2n) is 5.46. The number of esters is 1. The SMILES string of the molecule is CC(C)(C)OC(=O)C1C[C@@H]2CNC[C@H]12. The second-order valence-corrected chi connectivity index (χ2v) is 5.46. The second kappa shape index (κ2) is 3.23. The van der Waals surface area contributed by atoms with E-state index >= 15 is 0 Å². The summed E-state index contributed by atoms with van der Waals surface area (Å²) in [5.74, 6) is 1.44. The van der Waals surface area contributed by atoms with E-state index in [-0.39, 0.29) is 17.5 Å². The number of hydrogen-bond acceptors (Lipinski definition) is 3. The molecular weight excluding hydrogens is 178 g/mol. The summed E-state index contributed by atoms with van der Waals surface area (Å²) in [4.78, 5) is 11.7. The minimum absolute atomic E-state index is 0.00227. The smallest absolute Gasteiger partial charge is 0.309 e. The molecule has 1 heterocycles. The first kappa shape index (κ1) is 9.97. The van der Waals surface area contributed by atoms with Gasteiger partial charge in [-0.15, -0.1) is 0 Å². The lowest BCUT2D eigenvalue weighted by molar-refractivity contribution is -0.167. The maximum absolute atomic E-state index is 11.7. The molecule has 3 heteroatoms. The van der Waals surface area contributed by atoms with Gasteiger partial charge in [0, 0.05) is 0 Å². The number of ether oxygens (including phenoxy) is 1. The minimum Gasteiger partial charge on any atom is -0.460 e. The van der Waals surface area contributed by atoms with Crippen molar-refractivity contribution < 1.29 is 9.53 Å². The molecule has 0 aromatic carbocycles. The molecule has 1 aliphatic heterocycles. The molecule has 3 nitrogen and oxygen atoms in total. The van der Waals surface area contributed by atoms with E-state index in [1.54, 1.807) is 0 Å². The van der Waals surface area contributed by atoms with Gasteiger partial charge in [-0.1, -0.05) is 0 Å². The third-order valence-electron chi connectivity index (χ3n) is 3.18. The molecule has 1 unspecified atom stereocenters. The fourth-order valence-corrected chi connectivity index (χ4v) is 2.44. The van der Waals surface area contributed by atoms with Gasteiger partial charge >= 0.3 is 5.97 Å². The number of nitrogens with one attached hydrogen (secondary N) is 1. The van der Waals surface area contributed by atoms with E-state index in [4.69, 9.17) is 4.74 Å². The average molecular weight is 197 g/mol. The third-order valence-corrected chi connectivity index (χ3v) is 3.18. The van der Waals surface area contributed by atoms with Gasteiger partial charge in [0.15, 0.2) is 0 Å². The van der Waals surface area contributed by atoms with Crippen molar-refractivity contribution in [1.29, 1.82) is 0 Å². The van der Waals surface area contributed by atoms with E-state index < -0.39 is 0 Å². The van der Waals surface area contributed by atoms with E-state index in [0.29, 0.717) is 5.92 Å². The lowest BCUT2D eigenvalue weighted by Crippen LogP contribution is -2.43. The first-order chi connectivity index (χ1) is 6.47. The number of fused-ring (bicyclic) bond motifs is 1. The van der Waals surface area contributed by atoms with Crippen LogP contribution in [0.2, 0.25) is 0 Å². The van der Waals surface area contributed by atoms with E-state index in [1.807, 2.05) is 20.8 Å². The molecule has 80 valence electrons. The van der Waals surface area contributed by atoms with Crippen LogP contribution in [0.3, 0.4) is 0 Å². The topological polar surface area (TPSA) is 38.3 Å². The molecule has 1 aliphatic carbocycles. The van der Waals surface area contributed by atoms with Crippen LogP contribution in [-0.4, -0.2) is 24.7 Å². The Labute approximate surface area is 85.2 Å². The summed E-state index contributed by atoms with van der Waals surface area (Å²) in [5, 5.41) is 3.32. The highest BCUT2D eigenvalue weighted by Crippen LogP contribution is 2.43. The minimum atomic E-state index is -0.339. The fraction of sp³-hybridized carbons (Fsp3) is 0.909. The Morgan fingerprint density at radius 2 is 2.07 bits per heavy atom. The molecule has 0 aromatic rings. The Balaban J connectivity index is 1.88. The molecule has 1 saturated heterocycles. The lowest BCUT2D eigenvalue weighted by atomic mass is 9.67. The van der Waals surface area contributed by atoms with Gasteiger partial charge in [-0.2, -0.15) is 0 Å². The molecule has 1 N–H and O–H groups in total. The first-order valence-electron chi connectivity index (χ1n) is 5.41. The van der Waals surface area contributed by atoms with E-state index in [0.717, 1.165) is 25.4 Å². The molecule has 1 saturated carbocycles. The third kappa shape index (κ3) is 1.78. The Hall–Kier alpha value is -0.570. The highest BCUT2D eigenvalue weighted by Gasteiger charge is 2.48. The molecule has 3 atom stereocenters. The predicted octanol–water partition coefficient (Wildman–Crippen LogP) is 1.18. The number of carbonyl (C=O) groups is 1. The summed E-state index contributed by atoms with van der Waals surface area (Å²) >= 11 is 0. The van der Waals surface area contributed by atoms with Crippen LogP contribution in [-0.2, 0) is 9.53 Å². The van der Waals surface area contributed by atoms with Gasteiger partial charge in [0.25, 0.3) is 0 Å². The molecule has 2 aliphatic rings. The maximum Gasteiger partial charge on any atom is 0.309 e. The van der Waals surface area contributed by atoms with Gasteiger partial charge < -0.3 is 10.1 Å². The number of hydrogen-bond donors (Lipinski definition) is 1. The zero-order valence-corrected chi connectivity index (χ0v) is 9.17. The molecule has 14 heavy (non-hydrogen) atoms. The van der Waals surface area contributed by atoms with Crippen molar-refractivity contribution in [3.05, 3.63) is 0 Å². The molecule has 0 radical (unpaired) electrons. The van der Waals surface area contributed by atoms with Gasteiger partial charge in [-0.3, -0.25) is 4.79 Å². The van der Waals surface area contributed by atoms with Crippen LogP contribution in [0.25, 0.3) is 0 Å². The summed E-state index contributed by atoms with van der Waals surface area (Å²) in [5.41, 5.74) is -0.339. The summed E-state index contributed by atoms with van der Waals surface area (Å²) in [6.45, 7) is 7.86. The Morgan fingerprint density at radius 3 is 2.64 bits per heavy atom. The van der Waals surface area contributed by atoms with Crippen LogP contribution in [0, 0.1) is 17.8 Å². The van der Waals surface area contributed by atoms with Crippen LogP contribution in [0.1, 0.15) is 27.2 Å². The summed E-state index contributed by atoms with van der Waals surface area (Å²) in [6.07, 6.45) is 1.02. The van der Waals surface area contributed by atoms with Crippen molar-refractivity contribution >= 4 is 5.97 Å². The van der Waals surface area contributed by atoms with Crippen molar-refractivity contribution in [1.82, 2.24) is 5.32 Å². The van der Waals surface area contributed by atoms with Crippen LogP contribution >= 0.6 is 0 Å². The van der Waals surface area contributed by atoms with Crippen LogP contribution < -0.4 is 5.32 Å². The van der Waals surface area contributed by atoms with Gasteiger partial charge in [-0.05, 0) is 52.1 Å². The average Bonchev–Trinajstić information content (AvgIpc) is 2.28. The number of carbonyl (C=O) groups excluding carboxylic acids is 1. The Morgan fingerprint density at radius 1 is 1.36 bits per heavy atom. The fourth-order valence-electron chi connectivity index (χ4n) is 2.44. The monoisotopic (exact) mass is 197 g/mol. The highest BCUT2D eigenvalue weighted by atomic mass is 16.6. The predicted molar refractivity (Wildman–Crippen MR) is 53.8 cm³/mol. The van der Waals surface area contributed by atoms with Crippen LogP contribution in [0.15, 0.2) is 0 Å². The normalized spacial score (nSPS) is 36.1. The van der Waals surface area contributed by atoms with E-state index in [9.17, 15) is 4.79 Å². The van der Waals surface area contributed by atoms with E-state index in [2.05, 4.69) is 5.32 Å². The van der Waals surface area contributed by atoms with E-state index in [1.165, 1.54) is 0 Å². The van der Waals surface area contributed by atoms with Gasteiger partial charge in [0.1, 0.15) is 5.60 Å². The van der Waals surface area contributed by atoms with Crippen molar-refractivity contribution in [2.45, 2.75) is 32.8 Å². The van der Waals surface area contributed by atoms with Crippen LogP contribution in [0.5, 0.6) is 0 Å².